The van der Waals surface area contributed by atoms with Gasteiger partial charge in [0.25, 0.3) is 0 Å². The number of rotatable bonds is 3. The van der Waals surface area contributed by atoms with Gasteiger partial charge in [-0.2, -0.15) is 0 Å². The van der Waals surface area contributed by atoms with E-state index in [2.05, 4.69) is 15.5 Å². The fraction of sp³-hybridized carbons (Fsp3) is 0.444. The highest BCUT2D eigenvalue weighted by atomic mass is 19.1. The summed E-state index contributed by atoms with van der Waals surface area (Å²) in [4.78, 5) is 1.90. The van der Waals surface area contributed by atoms with Crippen LogP contribution in [0.15, 0.2) is 36.4 Å². The van der Waals surface area contributed by atoms with Crippen molar-refractivity contribution in [3.63, 3.8) is 0 Å². The van der Waals surface area contributed by atoms with Crippen LogP contribution in [0.5, 0.6) is 5.75 Å². The van der Waals surface area contributed by atoms with E-state index in [0.717, 1.165) is 19.3 Å². The molecule has 4 atom stereocenters. The number of para-hydroxylation sites is 1. The Labute approximate surface area is 140 Å². The van der Waals surface area contributed by atoms with Crippen molar-refractivity contribution in [1.82, 2.24) is 15.5 Å². The Morgan fingerprint density at radius 3 is 2.75 bits per heavy atom. The van der Waals surface area contributed by atoms with Gasteiger partial charge in [-0.05, 0) is 43.5 Å². The average molecular weight is 328 g/mol. The van der Waals surface area contributed by atoms with E-state index in [-0.39, 0.29) is 17.8 Å². The van der Waals surface area contributed by atoms with Gasteiger partial charge in [0.15, 0.2) is 5.82 Å². The number of halogens is 1. The molecule has 2 N–H and O–H groups in total. The summed E-state index contributed by atoms with van der Waals surface area (Å²) in [5.74, 6) is 0.828. The maximum Gasteiger partial charge on any atom is 0.151 e. The average Bonchev–Trinajstić information content (AvgIpc) is 3.02. The van der Waals surface area contributed by atoms with Gasteiger partial charge < -0.3 is 15.3 Å². The molecule has 1 aromatic heterocycles. The van der Waals surface area contributed by atoms with Crippen LogP contribution in [0.3, 0.4) is 0 Å². The number of hydrogen-bond donors (Lipinski definition) is 2. The number of alkyl halides is 1. The SMILES string of the molecule is CN(c1ccc(-c2ccccc2O)nn1)[C@@H]1C[C@H]2CC[C@H](N2)[C@@H]1F. The van der Waals surface area contributed by atoms with Crippen LogP contribution in [0, 0.1) is 0 Å². The predicted octanol–water partition coefficient (Wildman–Crippen LogP) is 2.52. The minimum atomic E-state index is -0.895. The lowest BCUT2D eigenvalue weighted by Crippen LogP contribution is -2.55. The Hall–Kier alpha value is -2.21. The lowest BCUT2D eigenvalue weighted by atomic mass is 9.96. The molecule has 0 saturated carbocycles. The Morgan fingerprint density at radius 1 is 1.17 bits per heavy atom. The highest BCUT2D eigenvalue weighted by Gasteiger charge is 2.43. The first-order valence-corrected chi connectivity index (χ1v) is 8.38. The fourth-order valence-corrected chi connectivity index (χ4v) is 3.87. The molecule has 2 aliphatic rings. The number of piperidine rings is 1. The number of phenolic OH excluding ortho intramolecular Hbond substituents is 1. The van der Waals surface area contributed by atoms with Gasteiger partial charge in [0.2, 0.25) is 0 Å². The van der Waals surface area contributed by atoms with Gasteiger partial charge in [0.05, 0.1) is 11.7 Å². The quantitative estimate of drug-likeness (QED) is 0.906. The van der Waals surface area contributed by atoms with Crippen LogP contribution < -0.4 is 10.2 Å². The second-order valence-electron chi connectivity index (χ2n) is 6.70. The molecule has 2 aliphatic heterocycles. The van der Waals surface area contributed by atoms with Gasteiger partial charge in [-0.3, -0.25) is 0 Å². The van der Waals surface area contributed by atoms with Crippen molar-refractivity contribution in [2.45, 2.75) is 43.6 Å². The zero-order valence-corrected chi connectivity index (χ0v) is 13.6. The highest BCUT2D eigenvalue weighted by Crippen LogP contribution is 2.33. The molecule has 0 aliphatic carbocycles. The Kier molecular flexibility index (Phi) is 3.84. The van der Waals surface area contributed by atoms with Crippen molar-refractivity contribution in [2.24, 2.45) is 0 Å². The van der Waals surface area contributed by atoms with E-state index in [4.69, 9.17) is 0 Å². The molecule has 2 bridgehead atoms. The fourth-order valence-electron chi connectivity index (χ4n) is 3.87. The number of aromatic nitrogens is 2. The first-order valence-electron chi connectivity index (χ1n) is 8.38. The molecule has 0 amide bonds. The Bertz CT molecular complexity index is 723. The standard InChI is InChI=1S/C18H21FN4O/c1-23(15-10-11-6-7-14(20-11)18(15)19)17-9-8-13(21-22-17)12-4-2-3-5-16(12)24/h2-5,8-9,11,14-15,18,20,24H,6-7,10H2,1H3/t11-,14+,15-,18+/m1/s1. The van der Waals surface area contributed by atoms with Gasteiger partial charge in [0, 0.05) is 24.7 Å². The maximum absolute atomic E-state index is 14.7. The second-order valence-corrected chi connectivity index (χ2v) is 6.70. The van der Waals surface area contributed by atoms with E-state index in [1.807, 2.05) is 30.1 Å². The van der Waals surface area contributed by atoms with E-state index >= 15 is 0 Å². The smallest absolute Gasteiger partial charge is 0.151 e. The summed E-state index contributed by atoms with van der Waals surface area (Å²) in [5.41, 5.74) is 1.25. The van der Waals surface area contributed by atoms with Gasteiger partial charge in [-0.25, -0.2) is 4.39 Å². The first kappa shape index (κ1) is 15.3. The zero-order chi connectivity index (χ0) is 16.7. The maximum atomic E-state index is 14.7. The number of nitrogens with one attached hydrogen (secondary N) is 1. The van der Waals surface area contributed by atoms with E-state index in [9.17, 15) is 9.50 Å². The lowest BCUT2D eigenvalue weighted by Gasteiger charge is -2.38. The van der Waals surface area contributed by atoms with Crippen molar-refractivity contribution in [3.05, 3.63) is 36.4 Å². The van der Waals surface area contributed by atoms with Crippen LogP contribution in [0.25, 0.3) is 11.3 Å². The van der Waals surface area contributed by atoms with Crippen LogP contribution in [-0.4, -0.2) is 46.6 Å². The number of phenols is 1. The summed E-state index contributed by atoms with van der Waals surface area (Å²) in [7, 11) is 1.88. The van der Waals surface area contributed by atoms with Crippen molar-refractivity contribution in [2.75, 3.05) is 11.9 Å². The molecule has 1 aromatic carbocycles. The second kappa shape index (κ2) is 6.02. The van der Waals surface area contributed by atoms with E-state index < -0.39 is 6.17 Å². The van der Waals surface area contributed by atoms with Crippen LogP contribution in [-0.2, 0) is 0 Å². The van der Waals surface area contributed by atoms with Crippen LogP contribution in [0.4, 0.5) is 10.2 Å². The third-order valence-corrected chi connectivity index (χ3v) is 5.24. The normalized spacial score (nSPS) is 28.8. The summed E-state index contributed by atoms with van der Waals surface area (Å²) >= 11 is 0. The monoisotopic (exact) mass is 328 g/mol. The summed E-state index contributed by atoms with van der Waals surface area (Å²) in [6.07, 6.45) is 1.85. The molecule has 2 aromatic rings. The molecule has 126 valence electrons. The highest BCUT2D eigenvalue weighted by molar-refractivity contribution is 5.66. The summed E-state index contributed by atoms with van der Waals surface area (Å²) in [6, 6.07) is 10.9. The van der Waals surface area contributed by atoms with Crippen LogP contribution >= 0.6 is 0 Å². The van der Waals surface area contributed by atoms with Crippen molar-refractivity contribution >= 4 is 5.82 Å². The molecular formula is C18H21FN4O. The Morgan fingerprint density at radius 2 is 2.00 bits per heavy atom. The molecule has 0 unspecified atom stereocenters. The molecular weight excluding hydrogens is 307 g/mol. The zero-order valence-electron chi connectivity index (χ0n) is 13.6. The van der Waals surface area contributed by atoms with Gasteiger partial charge in [-0.15, -0.1) is 10.2 Å². The lowest BCUT2D eigenvalue weighted by molar-refractivity contribution is 0.176. The van der Waals surface area contributed by atoms with E-state index in [0.29, 0.717) is 23.1 Å². The molecule has 0 radical (unpaired) electrons. The molecule has 2 fully saturated rings. The number of nitrogens with zero attached hydrogens (tertiary/aromatic N) is 3. The van der Waals surface area contributed by atoms with Gasteiger partial charge >= 0.3 is 0 Å². The van der Waals surface area contributed by atoms with E-state index in [1.165, 1.54) is 0 Å². The van der Waals surface area contributed by atoms with Crippen LogP contribution in [0.1, 0.15) is 19.3 Å². The van der Waals surface area contributed by atoms with Crippen LogP contribution in [0.2, 0.25) is 0 Å². The third-order valence-electron chi connectivity index (χ3n) is 5.24. The first-order chi connectivity index (χ1) is 11.6. The topological polar surface area (TPSA) is 61.3 Å². The molecule has 2 saturated heterocycles. The van der Waals surface area contributed by atoms with Crippen molar-refractivity contribution < 1.29 is 9.50 Å². The molecule has 0 spiro atoms. The number of hydrogen-bond acceptors (Lipinski definition) is 5. The number of benzene rings is 1. The summed E-state index contributed by atoms with van der Waals surface area (Å²) in [5, 5.41) is 21.7. The summed E-state index contributed by atoms with van der Waals surface area (Å²) in [6.45, 7) is 0. The molecule has 5 nitrogen and oxygen atoms in total. The van der Waals surface area contributed by atoms with Gasteiger partial charge in [0.1, 0.15) is 11.9 Å². The number of anilines is 1. The predicted molar refractivity (Wildman–Crippen MR) is 90.8 cm³/mol. The molecule has 4 rings (SSSR count). The van der Waals surface area contributed by atoms with Crippen molar-refractivity contribution in [1.29, 1.82) is 0 Å². The summed E-state index contributed by atoms with van der Waals surface area (Å²) < 4.78 is 14.7. The number of fused-ring (bicyclic) bond motifs is 2. The third kappa shape index (κ3) is 2.60. The molecule has 24 heavy (non-hydrogen) atoms. The molecule has 6 heteroatoms. The number of aromatic hydroxyl groups is 1. The molecule has 3 heterocycles. The largest absolute Gasteiger partial charge is 0.507 e. The van der Waals surface area contributed by atoms with Gasteiger partial charge in [-0.1, -0.05) is 12.1 Å². The minimum Gasteiger partial charge on any atom is -0.507 e. The minimum absolute atomic E-state index is 0.0373. The Balaban J connectivity index is 1.55. The van der Waals surface area contributed by atoms with E-state index in [1.54, 1.807) is 18.2 Å². The van der Waals surface area contributed by atoms with Crippen molar-refractivity contribution in [3.8, 4) is 17.0 Å².